The number of carbonyl (C=O) groups is 1. The van der Waals surface area contributed by atoms with Crippen LogP contribution in [0.5, 0.6) is 0 Å². The van der Waals surface area contributed by atoms with Gasteiger partial charge in [0.05, 0.1) is 25.6 Å². The van der Waals surface area contributed by atoms with Crippen LogP contribution in [0.15, 0.2) is 30.3 Å². The average molecular weight is 234 g/mol. The Kier molecular flexibility index (Phi) is 4.15. The van der Waals surface area contributed by atoms with Gasteiger partial charge in [-0.25, -0.2) is 0 Å². The lowest BCUT2D eigenvalue weighted by molar-refractivity contribution is -0.666. The van der Waals surface area contributed by atoms with Gasteiger partial charge < -0.3 is 10.1 Å². The van der Waals surface area contributed by atoms with E-state index in [4.69, 9.17) is 4.74 Å². The maximum atomic E-state index is 11.9. The van der Waals surface area contributed by atoms with E-state index in [1.165, 1.54) is 5.56 Å². The van der Waals surface area contributed by atoms with Gasteiger partial charge in [0.1, 0.15) is 0 Å². The average Bonchev–Trinajstić information content (AvgIpc) is 2.40. The summed E-state index contributed by atoms with van der Waals surface area (Å²) in [5.41, 5.74) is 1.25. The number of hydrogen-bond acceptors (Lipinski definition) is 2. The second-order valence-electron chi connectivity index (χ2n) is 4.48. The van der Waals surface area contributed by atoms with E-state index in [1.54, 1.807) is 0 Å². The van der Waals surface area contributed by atoms with Crippen LogP contribution in [-0.2, 0) is 9.53 Å². The van der Waals surface area contributed by atoms with E-state index in [0.29, 0.717) is 12.5 Å². The first-order valence-corrected chi connectivity index (χ1v) is 6.36. The number of quaternary nitrogens is 1. The fraction of sp³-hybridized carbons (Fsp3) is 0.500. The molecule has 3 heteroatoms. The molecule has 0 spiro atoms. The summed E-state index contributed by atoms with van der Waals surface area (Å²) in [4.78, 5) is 11.9. The van der Waals surface area contributed by atoms with E-state index < -0.39 is 0 Å². The molecule has 1 aromatic carbocycles. The smallest absolute Gasteiger partial charge is 0.310 e. The van der Waals surface area contributed by atoms with Crippen molar-refractivity contribution in [1.29, 1.82) is 0 Å². The fourth-order valence-corrected chi connectivity index (χ4v) is 2.56. The molecule has 0 bridgehead atoms. The molecule has 1 heterocycles. The van der Waals surface area contributed by atoms with Crippen LogP contribution in [0.1, 0.15) is 24.8 Å². The standard InChI is InChI=1S/C14H19NO2/c1-2-17-14(16)12-8-9-15-10-13(12)11-6-4-3-5-7-11/h3-7,12-13,15H,2,8-10H2,1H3/p+1/t12-,13+/m1/s1. The molecule has 1 aliphatic rings. The van der Waals surface area contributed by atoms with E-state index in [0.717, 1.165) is 19.5 Å². The maximum absolute atomic E-state index is 11.9. The summed E-state index contributed by atoms with van der Waals surface area (Å²) in [6.07, 6.45) is 0.915. The number of hydrogen-bond donors (Lipinski definition) is 1. The van der Waals surface area contributed by atoms with Gasteiger partial charge in [-0.2, -0.15) is 0 Å². The van der Waals surface area contributed by atoms with Gasteiger partial charge in [0, 0.05) is 12.3 Å². The number of rotatable bonds is 3. The minimum absolute atomic E-state index is 0.0300. The zero-order chi connectivity index (χ0) is 12.1. The highest BCUT2D eigenvalue weighted by atomic mass is 16.5. The van der Waals surface area contributed by atoms with Crippen molar-refractivity contribution in [2.45, 2.75) is 19.3 Å². The number of piperidine rings is 1. The highest BCUT2D eigenvalue weighted by molar-refractivity contribution is 5.73. The first-order valence-electron chi connectivity index (χ1n) is 6.36. The van der Waals surface area contributed by atoms with Crippen molar-refractivity contribution < 1.29 is 14.8 Å². The molecule has 1 aromatic rings. The summed E-state index contributed by atoms with van der Waals surface area (Å²) in [6.45, 7) is 4.34. The molecule has 0 saturated carbocycles. The molecule has 1 aliphatic heterocycles. The molecule has 0 unspecified atom stereocenters. The topological polar surface area (TPSA) is 42.9 Å². The molecular weight excluding hydrogens is 214 g/mol. The Hall–Kier alpha value is -1.35. The zero-order valence-electron chi connectivity index (χ0n) is 10.3. The minimum Gasteiger partial charge on any atom is -0.466 e. The maximum Gasteiger partial charge on any atom is 0.310 e. The van der Waals surface area contributed by atoms with Crippen LogP contribution in [0, 0.1) is 5.92 Å². The Bertz CT molecular complexity index is 364. The molecule has 2 rings (SSSR count). The van der Waals surface area contributed by atoms with Gasteiger partial charge in [0.15, 0.2) is 0 Å². The number of carbonyl (C=O) groups excluding carboxylic acids is 1. The minimum atomic E-state index is -0.0329. The molecule has 1 saturated heterocycles. The molecule has 0 aromatic heterocycles. The third kappa shape index (κ3) is 2.86. The molecule has 2 atom stereocenters. The number of nitrogens with two attached hydrogens (primary N) is 1. The van der Waals surface area contributed by atoms with Crippen LogP contribution in [0.3, 0.4) is 0 Å². The van der Waals surface area contributed by atoms with Gasteiger partial charge in [-0.3, -0.25) is 4.79 Å². The van der Waals surface area contributed by atoms with Crippen molar-refractivity contribution in [3.63, 3.8) is 0 Å². The number of ether oxygens (including phenoxy) is 1. The highest BCUT2D eigenvalue weighted by Crippen LogP contribution is 2.28. The second kappa shape index (κ2) is 5.82. The number of esters is 1. The molecule has 0 aliphatic carbocycles. The Balaban J connectivity index is 2.15. The van der Waals surface area contributed by atoms with Gasteiger partial charge in [0.2, 0.25) is 0 Å². The molecule has 2 N–H and O–H groups in total. The first kappa shape index (κ1) is 12.1. The Morgan fingerprint density at radius 3 is 2.88 bits per heavy atom. The van der Waals surface area contributed by atoms with E-state index in [2.05, 4.69) is 17.4 Å². The largest absolute Gasteiger partial charge is 0.466 e. The van der Waals surface area contributed by atoms with Crippen molar-refractivity contribution >= 4 is 5.97 Å². The van der Waals surface area contributed by atoms with E-state index in [1.807, 2.05) is 25.1 Å². The summed E-state index contributed by atoms with van der Waals surface area (Å²) in [6, 6.07) is 10.3. The summed E-state index contributed by atoms with van der Waals surface area (Å²) < 4.78 is 5.18. The summed E-state index contributed by atoms with van der Waals surface area (Å²) in [5, 5.41) is 2.29. The molecule has 1 fully saturated rings. The summed E-state index contributed by atoms with van der Waals surface area (Å²) in [7, 11) is 0. The highest BCUT2D eigenvalue weighted by Gasteiger charge is 2.34. The van der Waals surface area contributed by atoms with E-state index in [-0.39, 0.29) is 11.9 Å². The first-order chi connectivity index (χ1) is 8.33. The summed E-state index contributed by atoms with van der Waals surface area (Å²) in [5.74, 6) is 0.292. The summed E-state index contributed by atoms with van der Waals surface area (Å²) >= 11 is 0. The van der Waals surface area contributed by atoms with Crippen LogP contribution in [-0.4, -0.2) is 25.7 Å². The van der Waals surface area contributed by atoms with Gasteiger partial charge in [0.25, 0.3) is 0 Å². The van der Waals surface area contributed by atoms with Crippen LogP contribution in [0.4, 0.5) is 0 Å². The zero-order valence-corrected chi connectivity index (χ0v) is 10.3. The molecule has 3 nitrogen and oxygen atoms in total. The molecule has 0 radical (unpaired) electrons. The lowest BCUT2D eigenvalue weighted by Crippen LogP contribution is -2.88. The van der Waals surface area contributed by atoms with Crippen molar-refractivity contribution in [2.24, 2.45) is 5.92 Å². The lowest BCUT2D eigenvalue weighted by atomic mass is 9.81. The van der Waals surface area contributed by atoms with Gasteiger partial charge in [-0.05, 0) is 12.5 Å². The monoisotopic (exact) mass is 234 g/mol. The fourth-order valence-electron chi connectivity index (χ4n) is 2.56. The predicted molar refractivity (Wildman–Crippen MR) is 65.6 cm³/mol. The Morgan fingerprint density at radius 1 is 1.41 bits per heavy atom. The molecule has 92 valence electrons. The molecule has 17 heavy (non-hydrogen) atoms. The van der Waals surface area contributed by atoms with E-state index in [9.17, 15) is 4.79 Å². The van der Waals surface area contributed by atoms with Crippen molar-refractivity contribution in [3.8, 4) is 0 Å². The quantitative estimate of drug-likeness (QED) is 0.790. The third-order valence-electron chi connectivity index (χ3n) is 3.41. The second-order valence-corrected chi connectivity index (χ2v) is 4.48. The van der Waals surface area contributed by atoms with Crippen molar-refractivity contribution in [1.82, 2.24) is 0 Å². The van der Waals surface area contributed by atoms with Crippen molar-refractivity contribution in [3.05, 3.63) is 35.9 Å². The van der Waals surface area contributed by atoms with Gasteiger partial charge in [-0.1, -0.05) is 30.3 Å². The van der Waals surface area contributed by atoms with Crippen LogP contribution >= 0.6 is 0 Å². The van der Waals surface area contributed by atoms with Crippen molar-refractivity contribution in [2.75, 3.05) is 19.7 Å². The molecular formula is C14H20NO2+. The van der Waals surface area contributed by atoms with Gasteiger partial charge >= 0.3 is 5.97 Å². The SMILES string of the molecule is CCOC(=O)[C@@H]1CC[NH2+]C[C@H]1c1ccccc1. The Labute approximate surface area is 102 Å². The van der Waals surface area contributed by atoms with E-state index >= 15 is 0 Å². The van der Waals surface area contributed by atoms with Crippen LogP contribution in [0.2, 0.25) is 0 Å². The van der Waals surface area contributed by atoms with Gasteiger partial charge in [-0.15, -0.1) is 0 Å². The third-order valence-corrected chi connectivity index (χ3v) is 3.41. The molecule has 0 amide bonds. The lowest BCUT2D eigenvalue weighted by Gasteiger charge is -2.28. The number of benzene rings is 1. The van der Waals surface area contributed by atoms with Crippen LogP contribution in [0.25, 0.3) is 0 Å². The van der Waals surface area contributed by atoms with Crippen LogP contribution < -0.4 is 5.32 Å². The predicted octanol–water partition coefficient (Wildman–Crippen LogP) is 0.917. The Morgan fingerprint density at radius 2 is 2.18 bits per heavy atom. The normalized spacial score (nSPS) is 24.3.